The van der Waals surface area contributed by atoms with Crippen LogP contribution in [-0.2, 0) is 22.9 Å². The van der Waals surface area contributed by atoms with Crippen molar-refractivity contribution in [2.45, 2.75) is 17.7 Å². The fourth-order valence-corrected chi connectivity index (χ4v) is 4.17. The van der Waals surface area contributed by atoms with Crippen LogP contribution in [0.4, 0.5) is 4.39 Å². The van der Waals surface area contributed by atoms with Gasteiger partial charge in [0.25, 0.3) is 10.0 Å². The van der Waals surface area contributed by atoms with Gasteiger partial charge in [-0.25, -0.2) is 17.6 Å². The van der Waals surface area contributed by atoms with Crippen molar-refractivity contribution in [1.82, 2.24) is 8.96 Å². The first-order valence-electron chi connectivity index (χ1n) is 8.54. The zero-order valence-corrected chi connectivity index (χ0v) is 17.0. The summed E-state index contributed by atoms with van der Waals surface area (Å²) in [6.45, 7) is 0. The SMILES string of the molecule is COc1ccc(S(=O)(=O)n2cc(F)c(CC(=S)Cc3ccccc3)nc2=O)cc1. The summed E-state index contributed by atoms with van der Waals surface area (Å²) >= 11 is 5.28. The number of ether oxygens (including phenoxy) is 1. The van der Waals surface area contributed by atoms with E-state index in [1.54, 1.807) is 0 Å². The van der Waals surface area contributed by atoms with E-state index >= 15 is 0 Å². The monoisotopic (exact) mass is 432 g/mol. The van der Waals surface area contributed by atoms with Crippen molar-refractivity contribution in [2.75, 3.05) is 7.11 Å². The molecule has 150 valence electrons. The van der Waals surface area contributed by atoms with Gasteiger partial charge >= 0.3 is 5.69 Å². The molecule has 0 N–H and O–H groups in total. The van der Waals surface area contributed by atoms with E-state index in [9.17, 15) is 17.6 Å². The van der Waals surface area contributed by atoms with Gasteiger partial charge in [-0.1, -0.05) is 42.5 Å². The molecule has 1 aromatic heterocycles. The lowest BCUT2D eigenvalue weighted by Crippen LogP contribution is -2.31. The Morgan fingerprint density at radius 1 is 1.10 bits per heavy atom. The first-order valence-corrected chi connectivity index (χ1v) is 10.4. The van der Waals surface area contributed by atoms with Crippen LogP contribution >= 0.6 is 12.2 Å². The van der Waals surface area contributed by atoms with Crippen LogP contribution in [-0.4, -0.2) is 29.3 Å². The van der Waals surface area contributed by atoms with Crippen molar-refractivity contribution in [3.63, 3.8) is 0 Å². The minimum absolute atomic E-state index is 0.0469. The number of nitrogens with zero attached hydrogens (tertiary/aromatic N) is 2. The lowest BCUT2D eigenvalue weighted by Gasteiger charge is -2.10. The van der Waals surface area contributed by atoms with Gasteiger partial charge < -0.3 is 4.74 Å². The predicted octanol–water partition coefficient (Wildman–Crippen LogP) is 2.78. The molecule has 3 rings (SSSR count). The summed E-state index contributed by atoms with van der Waals surface area (Å²) in [4.78, 5) is 16.2. The number of aromatic nitrogens is 2. The van der Waals surface area contributed by atoms with E-state index in [0.29, 0.717) is 23.2 Å². The Balaban J connectivity index is 1.86. The van der Waals surface area contributed by atoms with Gasteiger partial charge in [-0.05, 0) is 29.8 Å². The molecule has 0 fully saturated rings. The average Bonchev–Trinajstić information content (AvgIpc) is 2.71. The highest BCUT2D eigenvalue weighted by Crippen LogP contribution is 2.18. The number of rotatable bonds is 7. The largest absolute Gasteiger partial charge is 0.497 e. The van der Waals surface area contributed by atoms with Crippen molar-refractivity contribution in [3.8, 4) is 5.75 Å². The molecule has 3 aromatic rings. The van der Waals surface area contributed by atoms with Crippen LogP contribution in [0.2, 0.25) is 0 Å². The van der Waals surface area contributed by atoms with E-state index < -0.39 is 21.5 Å². The van der Waals surface area contributed by atoms with Crippen LogP contribution < -0.4 is 10.4 Å². The molecule has 0 aliphatic carbocycles. The molecular formula is C20H17FN2O4S2. The van der Waals surface area contributed by atoms with Crippen LogP contribution in [0.5, 0.6) is 5.75 Å². The molecular weight excluding hydrogens is 415 g/mol. The molecule has 1 heterocycles. The third kappa shape index (κ3) is 4.75. The fraction of sp³-hybridized carbons (Fsp3) is 0.150. The van der Waals surface area contributed by atoms with Gasteiger partial charge in [0.05, 0.1) is 23.9 Å². The minimum atomic E-state index is -4.30. The van der Waals surface area contributed by atoms with Gasteiger partial charge in [0.1, 0.15) is 5.75 Å². The maximum atomic E-state index is 14.5. The Bertz CT molecular complexity index is 1190. The third-order valence-corrected chi connectivity index (χ3v) is 6.09. The van der Waals surface area contributed by atoms with E-state index in [2.05, 4.69) is 4.98 Å². The topological polar surface area (TPSA) is 78.3 Å². The van der Waals surface area contributed by atoms with Gasteiger partial charge in [0.2, 0.25) is 0 Å². The normalized spacial score (nSPS) is 11.2. The summed E-state index contributed by atoms with van der Waals surface area (Å²) in [5.41, 5.74) is -0.329. The standard InChI is InChI=1S/C20H17FN2O4S2/c1-27-15-7-9-17(10-8-15)29(25,26)23-13-18(21)19(22-20(23)24)12-16(28)11-14-5-3-2-4-6-14/h2-10,13H,11-12H2,1H3. The zero-order chi connectivity index (χ0) is 21.0. The second kappa shape index (κ2) is 8.62. The van der Waals surface area contributed by atoms with Crippen LogP contribution in [0.15, 0.2) is 70.5 Å². The Morgan fingerprint density at radius 3 is 2.38 bits per heavy atom. The van der Waals surface area contributed by atoms with Crippen LogP contribution in [0, 0.1) is 5.82 Å². The molecule has 6 nitrogen and oxygen atoms in total. The fourth-order valence-electron chi connectivity index (χ4n) is 2.68. The summed E-state index contributed by atoms with van der Waals surface area (Å²) < 4.78 is 45.1. The van der Waals surface area contributed by atoms with Gasteiger partial charge in [-0.3, -0.25) is 0 Å². The second-order valence-corrected chi connectivity index (χ2v) is 8.56. The lowest BCUT2D eigenvalue weighted by molar-refractivity contribution is 0.414. The number of benzene rings is 2. The van der Waals surface area contributed by atoms with Gasteiger partial charge in [0, 0.05) is 17.7 Å². The van der Waals surface area contributed by atoms with Crippen LogP contribution in [0.3, 0.4) is 0 Å². The molecule has 0 radical (unpaired) electrons. The van der Waals surface area contributed by atoms with Crippen molar-refractivity contribution >= 4 is 27.1 Å². The van der Waals surface area contributed by atoms with Crippen molar-refractivity contribution in [1.29, 1.82) is 0 Å². The molecule has 0 spiro atoms. The molecule has 29 heavy (non-hydrogen) atoms. The summed E-state index contributed by atoms with van der Waals surface area (Å²) in [5.74, 6) is -0.472. The lowest BCUT2D eigenvalue weighted by atomic mass is 10.1. The Labute approximate surface area is 172 Å². The summed E-state index contributed by atoms with van der Waals surface area (Å²) in [5, 5.41) is 0. The molecule has 0 unspecified atom stereocenters. The molecule has 9 heteroatoms. The smallest absolute Gasteiger partial charge is 0.362 e. The molecule has 0 saturated heterocycles. The summed E-state index contributed by atoms with van der Waals surface area (Å²) in [6.07, 6.45) is 1.01. The number of thiocarbonyl (C=S) groups is 1. The molecule has 0 amide bonds. The maximum Gasteiger partial charge on any atom is 0.362 e. The Kier molecular flexibility index (Phi) is 6.19. The molecule has 0 bridgehead atoms. The van der Waals surface area contributed by atoms with Gasteiger partial charge in [-0.2, -0.15) is 8.96 Å². The highest BCUT2D eigenvalue weighted by Gasteiger charge is 2.22. The summed E-state index contributed by atoms with van der Waals surface area (Å²) in [6, 6.07) is 14.8. The average molecular weight is 432 g/mol. The van der Waals surface area contributed by atoms with E-state index in [4.69, 9.17) is 17.0 Å². The van der Waals surface area contributed by atoms with E-state index in [0.717, 1.165) is 5.56 Å². The second-order valence-electron chi connectivity index (χ2n) is 6.17. The highest BCUT2D eigenvalue weighted by atomic mass is 32.2. The quantitative estimate of drug-likeness (QED) is 0.535. The molecule has 2 aromatic carbocycles. The first kappa shape index (κ1) is 20.8. The first-order chi connectivity index (χ1) is 13.8. The van der Waals surface area contributed by atoms with Gasteiger partial charge in [-0.15, -0.1) is 0 Å². The Morgan fingerprint density at radius 2 is 1.76 bits per heavy atom. The minimum Gasteiger partial charge on any atom is -0.497 e. The van der Waals surface area contributed by atoms with Crippen molar-refractivity contribution in [3.05, 3.63) is 88.4 Å². The highest BCUT2D eigenvalue weighted by molar-refractivity contribution is 7.90. The number of methoxy groups -OCH3 is 1. The molecule has 0 atom stereocenters. The maximum absolute atomic E-state index is 14.5. The van der Waals surface area contributed by atoms with Crippen LogP contribution in [0.1, 0.15) is 11.3 Å². The van der Waals surface area contributed by atoms with E-state index in [1.807, 2.05) is 30.3 Å². The number of hydrogen-bond acceptors (Lipinski definition) is 6. The van der Waals surface area contributed by atoms with Crippen molar-refractivity contribution < 1.29 is 17.5 Å². The predicted molar refractivity (Wildman–Crippen MR) is 110 cm³/mol. The molecule has 0 aliphatic rings. The summed E-state index contributed by atoms with van der Waals surface area (Å²) in [7, 11) is -2.86. The number of halogens is 1. The van der Waals surface area contributed by atoms with Crippen LogP contribution in [0.25, 0.3) is 0 Å². The molecule has 0 aliphatic heterocycles. The van der Waals surface area contributed by atoms with E-state index in [1.165, 1.54) is 31.4 Å². The molecule has 0 saturated carbocycles. The van der Waals surface area contributed by atoms with E-state index in [-0.39, 0.29) is 21.0 Å². The number of hydrogen-bond donors (Lipinski definition) is 0. The zero-order valence-electron chi connectivity index (χ0n) is 15.4. The van der Waals surface area contributed by atoms with Gasteiger partial charge in [0.15, 0.2) is 5.82 Å². The third-order valence-electron chi connectivity index (χ3n) is 4.15. The Hall–Kier alpha value is -2.91. The van der Waals surface area contributed by atoms with Crippen molar-refractivity contribution in [2.24, 2.45) is 0 Å².